The number of carbonyl (C=O) groups excluding carboxylic acids is 1. The van der Waals surface area contributed by atoms with E-state index in [9.17, 15) is 4.79 Å². The van der Waals surface area contributed by atoms with E-state index in [-0.39, 0.29) is 5.97 Å². The van der Waals surface area contributed by atoms with E-state index in [1.54, 1.807) is 0 Å². The van der Waals surface area contributed by atoms with Crippen LogP contribution in [0.5, 0.6) is 0 Å². The minimum absolute atomic E-state index is 0.0637. The largest absolute Gasteiger partial charge is 0.469 e. The van der Waals surface area contributed by atoms with Gasteiger partial charge in [0.05, 0.1) is 7.11 Å². The van der Waals surface area contributed by atoms with Crippen LogP contribution >= 0.6 is 11.8 Å². The van der Waals surface area contributed by atoms with E-state index in [0.29, 0.717) is 6.42 Å². The third-order valence-electron chi connectivity index (χ3n) is 4.86. The third kappa shape index (κ3) is 11.9. The van der Waals surface area contributed by atoms with Crippen molar-refractivity contribution < 1.29 is 9.53 Å². The van der Waals surface area contributed by atoms with Crippen LogP contribution in [0.3, 0.4) is 0 Å². The predicted octanol–water partition coefficient (Wildman–Crippen LogP) is 6.51. The first-order valence-electron chi connectivity index (χ1n) is 10.00. The van der Waals surface area contributed by atoms with E-state index >= 15 is 0 Å². The minimum atomic E-state index is -0.0637. The van der Waals surface area contributed by atoms with Gasteiger partial charge in [0.2, 0.25) is 0 Å². The molecular formula is C20H38O2S. The minimum Gasteiger partial charge on any atom is -0.469 e. The summed E-state index contributed by atoms with van der Waals surface area (Å²) >= 11 is 2.22. The van der Waals surface area contributed by atoms with Crippen molar-refractivity contribution in [2.75, 3.05) is 7.11 Å². The first-order valence-corrected chi connectivity index (χ1v) is 10.9. The van der Waals surface area contributed by atoms with Crippen molar-refractivity contribution in [1.29, 1.82) is 0 Å². The standard InChI is InChI=1S/C20H38O2S/c1-3-15-18-19(23-18)16-13-11-9-7-5-4-6-8-10-12-14-17-20(21)22-2/h18-19H,3-17H2,1-2H3. The lowest BCUT2D eigenvalue weighted by atomic mass is 10.0. The molecule has 1 aliphatic heterocycles. The van der Waals surface area contributed by atoms with Gasteiger partial charge in [0.25, 0.3) is 0 Å². The Morgan fingerprint density at radius 3 is 1.78 bits per heavy atom. The van der Waals surface area contributed by atoms with Gasteiger partial charge in [-0.15, -0.1) is 0 Å². The number of ether oxygens (including phenoxy) is 1. The third-order valence-corrected chi connectivity index (χ3v) is 6.37. The molecule has 23 heavy (non-hydrogen) atoms. The summed E-state index contributed by atoms with van der Waals surface area (Å²) in [6.45, 7) is 2.30. The van der Waals surface area contributed by atoms with Crippen molar-refractivity contribution in [2.45, 2.75) is 114 Å². The fourth-order valence-electron chi connectivity index (χ4n) is 3.28. The number of hydrogen-bond acceptors (Lipinski definition) is 3. The predicted molar refractivity (Wildman–Crippen MR) is 102 cm³/mol. The van der Waals surface area contributed by atoms with Gasteiger partial charge in [-0.2, -0.15) is 11.8 Å². The maximum Gasteiger partial charge on any atom is 0.305 e. The molecular weight excluding hydrogens is 304 g/mol. The molecule has 0 amide bonds. The average Bonchev–Trinajstić information content (AvgIpc) is 3.30. The molecule has 0 N–H and O–H groups in total. The van der Waals surface area contributed by atoms with Crippen molar-refractivity contribution in [3.63, 3.8) is 0 Å². The first kappa shape index (κ1) is 20.9. The molecule has 136 valence electrons. The van der Waals surface area contributed by atoms with Gasteiger partial charge in [-0.3, -0.25) is 4.79 Å². The lowest BCUT2D eigenvalue weighted by Gasteiger charge is -2.03. The second-order valence-electron chi connectivity index (χ2n) is 7.01. The molecule has 0 radical (unpaired) electrons. The van der Waals surface area contributed by atoms with Crippen LogP contribution in [0, 0.1) is 0 Å². The highest BCUT2D eigenvalue weighted by Gasteiger charge is 2.35. The molecule has 0 saturated carbocycles. The molecule has 0 bridgehead atoms. The van der Waals surface area contributed by atoms with Gasteiger partial charge < -0.3 is 4.74 Å². The summed E-state index contributed by atoms with van der Waals surface area (Å²) in [6, 6.07) is 0. The summed E-state index contributed by atoms with van der Waals surface area (Å²) in [7, 11) is 1.47. The molecule has 1 rings (SSSR count). The first-order chi connectivity index (χ1) is 11.3. The van der Waals surface area contributed by atoms with Gasteiger partial charge in [0, 0.05) is 16.9 Å². The summed E-state index contributed by atoms with van der Waals surface area (Å²) < 4.78 is 4.64. The Morgan fingerprint density at radius 2 is 1.26 bits per heavy atom. The lowest BCUT2D eigenvalue weighted by Crippen LogP contribution is -1.99. The Bertz CT molecular complexity index is 293. The molecule has 0 aromatic carbocycles. The maximum absolute atomic E-state index is 11.0. The molecule has 0 spiro atoms. The van der Waals surface area contributed by atoms with E-state index < -0.39 is 0 Å². The molecule has 0 aromatic rings. The fraction of sp³-hybridized carbons (Fsp3) is 0.950. The molecule has 3 heteroatoms. The van der Waals surface area contributed by atoms with Gasteiger partial charge >= 0.3 is 5.97 Å². The second-order valence-corrected chi connectivity index (χ2v) is 8.49. The number of methoxy groups -OCH3 is 1. The Kier molecular flexibility index (Phi) is 12.9. The smallest absolute Gasteiger partial charge is 0.305 e. The zero-order chi connectivity index (χ0) is 16.8. The summed E-state index contributed by atoms with van der Waals surface area (Å²) in [5.74, 6) is -0.0637. The van der Waals surface area contributed by atoms with Crippen molar-refractivity contribution in [3.05, 3.63) is 0 Å². The van der Waals surface area contributed by atoms with E-state index in [0.717, 1.165) is 16.9 Å². The molecule has 1 fully saturated rings. The number of esters is 1. The van der Waals surface area contributed by atoms with Crippen LogP contribution in [0.1, 0.15) is 103 Å². The fourth-order valence-corrected chi connectivity index (χ4v) is 4.58. The molecule has 1 aliphatic rings. The van der Waals surface area contributed by atoms with Gasteiger partial charge in [-0.05, 0) is 19.3 Å². The molecule has 2 unspecified atom stereocenters. The second kappa shape index (κ2) is 14.2. The maximum atomic E-state index is 11.0. The van der Waals surface area contributed by atoms with Gasteiger partial charge in [0.1, 0.15) is 0 Å². The molecule has 1 saturated heterocycles. The van der Waals surface area contributed by atoms with Crippen molar-refractivity contribution in [3.8, 4) is 0 Å². The van der Waals surface area contributed by atoms with Gasteiger partial charge in [-0.25, -0.2) is 0 Å². The summed E-state index contributed by atoms with van der Waals surface area (Å²) in [5.41, 5.74) is 0. The van der Waals surface area contributed by atoms with Crippen molar-refractivity contribution >= 4 is 17.7 Å². The van der Waals surface area contributed by atoms with E-state index in [2.05, 4.69) is 23.4 Å². The normalized spacial score (nSPS) is 19.7. The van der Waals surface area contributed by atoms with E-state index in [4.69, 9.17) is 0 Å². The van der Waals surface area contributed by atoms with Crippen molar-refractivity contribution in [2.24, 2.45) is 0 Å². The van der Waals surface area contributed by atoms with Crippen LogP contribution < -0.4 is 0 Å². The zero-order valence-corrected chi connectivity index (χ0v) is 16.3. The summed E-state index contributed by atoms with van der Waals surface area (Å²) in [4.78, 5) is 11.0. The van der Waals surface area contributed by atoms with Crippen LogP contribution in [-0.4, -0.2) is 23.6 Å². The van der Waals surface area contributed by atoms with Crippen LogP contribution in [0.25, 0.3) is 0 Å². The van der Waals surface area contributed by atoms with E-state index in [1.807, 2.05) is 0 Å². The Labute approximate surface area is 148 Å². The number of rotatable bonds is 16. The number of carbonyl (C=O) groups is 1. The highest BCUT2D eigenvalue weighted by atomic mass is 32.2. The average molecular weight is 343 g/mol. The van der Waals surface area contributed by atoms with Crippen LogP contribution in [-0.2, 0) is 9.53 Å². The van der Waals surface area contributed by atoms with Crippen LogP contribution in [0.2, 0.25) is 0 Å². The highest BCUT2D eigenvalue weighted by molar-refractivity contribution is 8.07. The van der Waals surface area contributed by atoms with Crippen LogP contribution in [0.15, 0.2) is 0 Å². The molecule has 2 atom stereocenters. The van der Waals surface area contributed by atoms with Crippen LogP contribution in [0.4, 0.5) is 0 Å². The number of hydrogen-bond donors (Lipinski definition) is 0. The van der Waals surface area contributed by atoms with Gasteiger partial charge in [0.15, 0.2) is 0 Å². The Hall–Kier alpha value is -0.180. The highest BCUT2D eigenvalue weighted by Crippen LogP contribution is 2.47. The molecule has 0 aromatic heterocycles. The molecule has 1 heterocycles. The molecule has 0 aliphatic carbocycles. The Balaban J connectivity index is 1.68. The van der Waals surface area contributed by atoms with Crippen molar-refractivity contribution in [1.82, 2.24) is 0 Å². The lowest BCUT2D eigenvalue weighted by molar-refractivity contribution is -0.140. The topological polar surface area (TPSA) is 26.3 Å². The zero-order valence-electron chi connectivity index (χ0n) is 15.5. The summed E-state index contributed by atoms with van der Waals surface area (Å²) in [6.07, 6.45) is 19.6. The van der Waals surface area contributed by atoms with E-state index in [1.165, 1.54) is 90.6 Å². The number of unbranched alkanes of at least 4 members (excludes halogenated alkanes) is 10. The number of thioether (sulfide) groups is 1. The summed E-state index contributed by atoms with van der Waals surface area (Å²) in [5, 5.41) is 2.04. The van der Waals surface area contributed by atoms with Gasteiger partial charge in [-0.1, -0.05) is 77.6 Å². The molecule has 2 nitrogen and oxygen atoms in total. The Morgan fingerprint density at radius 1 is 0.783 bits per heavy atom. The monoisotopic (exact) mass is 342 g/mol. The SMILES string of the molecule is CCCC1SC1CCCCCCCCCCCCCC(=O)OC. The quantitative estimate of drug-likeness (QED) is 0.181.